The zero-order valence-corrected chi connectivity index (χ0v) is 15.0. The van der Waals surface area contributed by atoms with E-state index in [1.807, 2.05) is 12.1 Å². The molecular formula is C24H25N. The largest absolute Gasteiger partial charge is 0.340 e. The first kappa shape index (κ1) is 17.2. The van der Waals surface area contributed by atoms with E-state index in [0.717, 1.165) is 17.7 Å². The summed E-state index contributed by atoms with van der Waals surface area (Å²) in [7, 11) is 0. The molecule has 3 aromatic rings. The number of benzene rings is 2. The van der Waals surface area contributed by atoms with Crippen molar-refractivity contribution in [2.75, 3.05) is 0 Å². The van der Waals surface area contributed by atoms with E-state index in [0.29, 0.717) is 0 Å². The van der Waals surface area contributed by atoms with Crippen LogP contribution in [0, 0.1) is 24.7 Å². The van der Waals surface area contributed by atoms with Gasteiger partial charge in [-0.1, -0.05) is 50.9 Å². The molecule has 0 radical (unpaired) electrons. The van der Waals surface area contributed by atoms with Gasteiger partial charge in [-0.05, 0) is 42.8 Å². The van der Waals surface area contributed by atoms with Crippen LogP contribution in [-0.4, -0.2) is 4.57 Å². The fourth-order valence-corrected chi connectivity index (χ4v) is 3.57. The number of rotatable bonds is 7. The van der Waals surface area contributed by atoms with Gasteiger partial charge in [0.05, 0.1) is 0 Å². The lowest BCUT2D eigenvalue weighted by molar-refractivity contribution is 0.571. The molecule has 0 aliphatic carbocycles. The first-order valence-corrected chi connectivity index (χ1v) is 9.27. The normalized spacial score (nSPS) is 10.8. The highest BCUT2D eigenvalue weighted by Crippen LogP contribution is 2.31. The molecule has 0 unspecified atom stereocenters. The fourth-order valence-electron chi connectivity index (χ4n) is 3.57. The third-order valence-electron chi connectivity index (χ3n) is 4.93. The molecule has 1 aromatic heterocycles. The van der Waals surface area contributed by atoms with E-state index in [1.54, 1.807) is 0 Å². The van der Waals surface area contributed by atoms with Gasteiger partial charge in [0.25, 0.3) is 0 Å². The third kappa shape index (κ3) is 3.57. The summed E-state index contributed by atoms with van der Waals surface area (Å²) in [5, 5.41) is 2.40. The van der Waals surface area contributed by atoms with Crippen LogP contribution in [0.1, 0.15) is 56.6 Å². The van der Waals surface area contributed by atoms with E-state index in [9.17, 15) is 0 Å². The number of fused-ring (bicyclic) bond motifs is 3. The summed E-state index contributed by atoms with van der Waals surface area (Å²) in [5.41, 5.74) is 4.32. The second-order valence-corrected chi connectivity index (χ2v) is 6.67. The van der Waals surface area contributed by atoms with Gasteiger partial charge in [-0.25, -0.2) is 0 Å². The van der Waals surface area contributed by atoms with Crippen molar-refractivity contribution in [1.82, 2.24) is 4.57 Å². The Labute approximate surface area is 151 Å². The smallest absolute Gasteiger partial charge is 0.0492 e. The van der Waals surface area contributed by atoms with Crippen LogP contribution in [0.4, 0.5) is 0 Å². The van der Waals surface area contributed by atoms with Gasteiger partial charge in [-0.15, -0.1) is 12.8 Å². The zero-order chi connectivity index (χ0) is 17.6. The molecule has 126 valence electrons. The van der Waals surface area contributed by atoms with Gasteiger partial charge in [-0.3, -0.25) is 0 Å². The topological polar surface area (TPSA) is 4.93 Å². The maximum absolute atomic E-state index is 5.60. The van der Waals surface area contributed by atoms with Crippen LogP contribution < -0.4 is 0 Å². The van der Waals surface area contributed by atoms with Crippen LogP contribution in [0.2, 0.25) is 0 Å². The average molecular weight is 327 g/mol. The minimum absolute atomic E-state index is 0.914. The van der Waals surface area contributed by atoms with E-state index in [2.05, 4.69) is 47.6 Å². The second-order valence-electron chi connectivity index (χ2n) is 6.67. The Morgan fingerprint density at radius 1 is 0.760 bits per heavy atom. The van der Waals surface area contributed by atoms with Crippen LogP contribution in [0.15, 0.2) is 36.4 Å². The Bertz CT molecular complexity index is 888. The molecule has 0 aliphatic heterocycles. The van der Waals surface area contributed by atoms with Crippen molar-refractivity contribution in [3.8, 4) is 24.7 Å². The van der Waals surface area contributed by atoms with Gasteiger partial charge in [0.2, 0.25) is 0 Å². The molecule has 3 rings (SSSR count). The molecule has 0 amide bonds. The number of hydrogen-bond donors (Lipinski definition) is 0. The Kier molecular flexibility index (Phi) is 5.47. The molecule has 0 fully saturated rings. The van der Waals surface area contributed by atoms with Gasteiger partial charge in [-0.2, -0.15) is 0 Å². The lowest BCUT2D eigenvalue weighted by atomic mass is 10.1. The summed E-state index contributed by atoms with van der Waals surface area (Å²) in [4.78, 5) is 0. The molecule has 0 spiro atoms. The molecule has 0 N–H and O–H groups in total. The number of terminal acetylenes is 2. The van der Waals surface area contributed by atoms with Crippen LogP contribution in [0.5, 0.6) is 0 Å². The van der Waals surface area contributed by atoms with E-state index in [1.165, 1.54) is 60.3 Å². The minimum atomic E-state index is 0.914. The maximum Gasteiger partial charge on any atom is 0.0492 e. The molecule has 0 aliphatic rings. The summed E-state index contributed by atoms with van der Waals surface area (Å²) in [6.07, 6.45) is 19.0. The Morgan fingerprint density at radius 3 is 1.80 bits per heavy atom. The van der Waals surface area contributed by atoms with Crippen molar-refractivity contribution in [2.24, 2.45) is 0 Å². The lowest BCUT2D eigenvalue weighted by Gasteiger charge is -2.08. The number of aryl methyl sites for hydroxylation is 1. The lowest BCUT2D eigenvalue weighted by Crippen LogP contribution is -1.98. The molecule has 0 saturated heterocycles. The summed E-state index contributed by atoms with van der Waals surface area (Å²) in [6, 6.07) is 12.6. The number of unbranched alkanes of at least 4 members (excludes halogenated alkanes) is 5. The van der Waals surface area contributed by atoms with Gasteiger partial charge in [0.1, 0.15) is 0 Å². The molecular weight excluding hydrogens is 302 g/mol. The highest BCUT2D eigenvalue weighted by molar-refractivity contribution is 6.08. The molecule has 25 heavy (non-hydrogen) atoms. The maximum atomic E-state index is 5.60. The van der Waals surface area contributed by atoms with Crippen LogP contribution in [0.3, 0.4) is 0 Å². The van der Waals surface area contributed by atoms with Crippen LogP contribution in [-0.2, 0) is 6.54 Å². The van der Waals surface area contributed by atoms with Crippen molar-refractivity contribution in [2.45, 2.75) is 52.0 Å². The molecule has 1 heterocycles. The van der Waals surface area contributed by atoms with Crippen molar-refractivity contribution in [1.29, 1.82) is 0 Å². The predicted octanol–water partition coefficient (Wildman–Crippen LogP) is 6.12. The summed E-state index contributed by atoms with van der Waals surface area (Å²) in [6.45, 7) is 3.30. The number of nitrogens with zero attached hydrogens (tertiary/aromatic N) is 1. The Morgan fingerprint density at radius 2 is 1.28 bits per heavy atom. The van der Waals surface area contributed by atoms with E-state index in [-0.39, 0.29) is 0 Å². The summed E-state index contributed by atoms with van der Waals surface area (Å²) < 4.78 is 2.42. The highest BCUT2D eigenvalue weighted by atomic mass is 15.0. The predicted molar refractivity (Wildman–Crippen MR) is 109 cm³/mol. The quantitative estimate of drug-likeness (QED) is 0.364. The first-order valence-electron chi connectivity index (χ1n) is 9.27. The van der Waals surface area contributed by atoms with Gasteiger partial charge in [0.15, 0.2) is 0 Å². The number of aromatic nitrogens is 1. The van der Waals surface area contributed by atoms with E-state index < -0.39 is 0 Å². The van der Waals surface area contributed by atoms with E-state index in [4.69, 9.17) is 12.8 Å². The molecule has 0 saturated carbocycles. The minimum Gasteiger partial charge on any atom is -0.340 e. The average Bonchev–Trinajstić information content (AvgIpc) is 2.96. The molecule has 2 aromatic carbocycles. The van der Waals surface area contributed by atoms with E-state index >= 15 is 0 Å². The first-order chi connectivity index (χ1) is 12.3. The molecule has 1 heteroatoms. The van der Waals surface area contributed by atoms with Crippen molar-refractivity contribution in [3.05, 3.63) is 47.5 Å². The SMILES string of the molecule is C#Cc1ccc2c(c1)c1cc(C#C)ccc1n2CCCCCCCC. The van der Waals surface area contributed by atoms with Gasteiger partial charge in [0, 0.05) is 39.5 Å². The van der Waals surface area contributed by atoms with Gasteiger partial charge < -0.3 is 4.57 Å². The zero-order valence-electron chi connectivity index (χ0n) is 15.0. The van der Waals surface area contributed by atoms with Crippen LogP contribution in [0.25, 0.3) is 21.8 Å². The Balaban J connectivity index is 1.95. The second kappa shape index (κ2) is 7.96. The third-order valence-corrected chi connectivity index (χ3v) is 4.93. The highest BCUT2D eigenvalue weighted by Gasteiger charge is 2.11. The molecule has 0 atom stereocenters. The monoisotopic (exact) mass is 327 g/mol. The van der Waals surface area contributed by atoms with Gasteiger partial charge >= 0.3 is 0 Å². The fraction of sp³-hybridized carbons (Fsp3) is 0.333. The van der Waals surface area contributed by atoms with Crippen LogP contribution >= 0.6 is 0 Å². The van der Waals surface area contributed by atoms with Crippen molar-refractivity contribution in [3.63, 3.8) is 0 Å². The number of hydrogen-bond acceptors (Lipinski definition) is 0. The van der Waals surface area contributed by atoms with Crippen molar-refractivity contribution >= 4 is 21.8 Å². The summed E-state index contributed by atoms with van der Waals surface area (Å²) >= 11 is 0. The van der Waals surface area contributed by atoms with Crippen molar-refractivity contribution < 1.29 is 0 Å². The Hall–Kier alpha value is -2.64. The summed E-state index contributed by atoms with van der Waals surface area (Å²) in [5.74, 6) is 5.49. The molecule has 1 nitrogen and oxygen atoms in total. The standard InChI is InChI=1S/C24H25N/c1-4-7-8-9-10-11-16-25-23-14-12-19(5-2)17-21(23)22-18-20(6-3)13-15-24(22)25/h2-3,12-15,17-18H,4,7-11,16H2,1H3. The molecule has 0 bridgehead atoms.